The zero-order chi connectivity index (χ0) is 16.2. The number of halogens is 2. The van der Waals surface area contributed by atoms with Gasteiger partial charge in [-0.1, -0.05) is 42.4 Å². The molecule has 0 saturated carbocycles. The summed E-state index contributed by atoms with van der Waals surface area (Å²) in [5.74, 6) is 0.184. The first kappa shape index (κ1) is 17.0. The van der Waals surface area contributed by atoms with Crippen molar-refractivity contribution in [2.75, 3.05) is 11.1 Å². The van der Waals surface area contributed by atoms with Gasteiger partial charge in [-0.3, -0.25) is 4.79 Å². The number of anilines is 1. The third-order valence-corrected chi connectivity index (χ3v) is 6.46. The van der Waals surface area contributed by atoms with Gasteiger partial charge in [0.25, 0.3) is 0 Å². The highest BCUT2D eigenvalue weighted by molar-refractivity contribution is 9.11. The summed E-state index contributed by atoms with van der Waals surface area (Å²) < 4.78 is 6.82. The van der Waals surface area contributed by atoms with E-state index in [9.17, 15) is 4.79 Å². The molecule has 0 bridgehead atoms. The van der Waals surface area contributed by atoms with Crippen LogP contribution in [0.5, 0.6) is 0 Å². The Morgan fingerprint density at radius 2 is 2.22 bits per heavy atom. The molecular weight excluding hydrogens is 484 g/mol. The van der Waals surface area contributed by atoms with E-state index < -0.39 is 0 Å². The lowest BCUT2D eigenvalue weighted by Gasteiger charge is -2.04. The number of carbonyl (C=O) groups excluding carboxylic acids is 1. The molecule has 0 saturated heterocycles. The average Bonchev–Trinajstić information content (AvgIpc) is 3.16. The maximum Gasteiger partial charge on any atom is 0.236 e. The van der Waals surface area contributed by atoms with Crippen LogP contribution in [0.1, 0.15) is 0 Å². The zero-order valence-corrected chi connectivity index (χ0v) is 16.9. The Balaban J connectivity index is 1.70. The minimum atomic E-state index is -0.0980. The van der Waals surface area contributed by atoms with Crippen LogP contribution in [0.15, 0.2) is 42.9 Å². The number of carbonyl (C=O) groups is 1. The van der Waals surface area contributed by atoms with Gasteiger partial charge in [0, 0.05) is 26.1 Å². The second-order valence-electron chi connectivity index (χ2n) is 4.21. The van der Waals surface area contributed by atoms with E-state index in [1.54, 1.807) is 6.20 Å². The zero-order valence-electron chi connectivity index (χ0n) is 11.3. The molecular formula is C13H8Br2N4OS3. The molecule has 2 heterocycles. The molecule has 0 aliphatic rings. The fourth-order valence-electron chi connectivity index (χ4n) is 1.69. The minimum Gasteiger partial charge on any atom is -0.301 e. The first-order valence-corrected chi connectivity index (χ1v) is 10.5. The van der Waals surface area contributed by atoms with Gasteiger partial charge in [0.1, 0.15) is 9.90 Å². The van der Waals surface area contributed by atoms with E-state index in [0.29, 0.717) is 5.13 Å². The van der Waals surface area contributed by atoms with E-state index >= 15 is 0 Å². The Morgan fingerprint density at radius 3 is 2.96 bits per heavy atom. The molecule has 118 valence electrons. The predicted octanol–water partition coefficient (Wildman–Crippen LogP) is 4.92. The van der Waals surface area contributed by atoms with Crippen LogP contribution in [-0.2, 0) is 4.79 Å². The van der Waals surface area contributed by atoms with Crippen molar-refractivity contribution in [2.45, 2.75) is 4.21 Å². The molecule has 10 heteroatoms. The molecule has 1 aromatic carbocycles. The van der Waals surface area contributed by atoms with Gasteiger partial charge in [0.15, 0.2) is 5.13 Å². The summed E-state index contributed by atoms with van der Waals surface area (Å²) in [6.07, 6.45) is 1.66. The maximum absolute atomic E-state index is 11.9. The van der Waals surface area contributed by atoms with Gasteiger partial charge in [0.05, 0.1) is 5.75 Å². The van der Waals surface area contributed by atoms with Crippen molar-refractivity contribution < 1.29 is 4.79 Å². The van der Waals surface area contributed by atoms with Gasteiger partial charge in [-0.25, -0.2) is 4.98 Å². The highest BCUT2D eigenvalue weighted by atomic mass is 79.9. The van der Waals surface area contributed by atoms with Gasteiger partial charge in [-0.2, -0.15) is 0 Å². The van der Waals surface area contributed by atoms with Crippen molar-refractivity contribution in [3.05, 3.63) is 38.7 Å². The number of nitrogens with one attached hydrogen (secondary N) is 1. The Kier molecular flexibility index (Phi) is 5.81. The second kappa shape index (κ2) is 7.84. The first-order chi connectivity index (χ1) is 11.1. The maximum atomic E-state index is 11.9. The molecule has 0 unspecified atom stereocenters. The minimum absolute atomic E-state index is 0.0980. The summed E-state index contributed by atoms with van der Waals surface area (Å²) >= 11 is 11.1. The molecule has 0 aliphatic carbocycles. The van der Waals surface area contributed by atoms with Crippen molar-refractivity contribution in [1.82, 2.24) is 14.6 Å². The van der Waals surface area contributed by atoms with Crippen LogP contribution in [0.25, 0.3) is 11.3 Å². The molecule has 3 aromatic rings. The fraction of sp³-hybridized carbons (Fsp3) is 0.0769. The lowest BCUT2D eigenvalue weighted by atomic mass is 10.2. The molecule has 0 spiro atoms. The molecule has 0 radical (unpaired) electrons. The number of thiazole rings is 1. The summed E-state index contributed by atoms with van der Waals surface area (Å²) in [5.41, 5.74) is 1.73. The second-order valence-corrected chi connectivity index (χ2v) is 8.87. The molecule has 0 fully saturated rings. The molecule has 0 atom stereocenters. The number of rotatable bonds is 5. The van der Waals surface area contributed by atoms with Crippen LogP contribution in [0.3, 0.4) is 0 Å². The van der Waals surface area contributed by atoms with Crippen molar-refractivity contribution in [3.8, 4) is 11.3 Å². The quantitative estimate of drug-likeness (QED) is 0.513. The third kappa shape index (κ3) is 4.38. The van der Waals surface area contributed by atoms with Gasteiger partial charge >= 0.3 is 0 Å². The largest absolute Gasteiger partial charge is 0.301 e. The molecule has 23 heavy (non-hydrogen) atoms. The van der Waals surface area contributed by atoms with E-state index in [1.165, 1.54) is 34.6 Å². The molecule has 2 aromatic heterocycles. The number of thioether (sulfide) groups is 1. The van der Waals surface area contributed by atoms with Crippen molar-refractivity contribution in [2.24, 2.45) is 0 Å². The molecule has 3 rings (SSSR count). The van der Waals surface area contributed by atoms with E-state index in [2.05, 4.69) is 51.7 Å². The van der Waals surface area contributed by atoms with Crippen LogP contribution in [0.4, 0.5) is 5.13 Å². The summed E-state index contributed by atoms with van der Waals surface area (Å²) in [6, 6.07) is 5.87. The van der Waals surface area contributed by atoms with E-state index in [1.807, 2.05) is 23.6 Å². The van der Waals surface area contributed by atoms with Crippen LogP contribution in [0, 0.1) is 0 Å². The summed E-state index contributed by atoms with van der Waals surface area (Å²) in [5, 5.41) is 9.37. The van der Waals surface area contributed by atoms with Crippen molar-refractivity contribution in [3.63, 3.8) is 0 Å². The molecule has 1 amide bonds. The standard InChI is InChI=1S/C13H8Br2N4OS3/c14-7-1-2-8(9(15)5-7)11-12(23-19-18-11)22-6-10(20)17-13-16-3-4-21-13/h1-5H,6H2,(H,16,17,20). The van der Waals surface area contributed by atoms with Crippen molar-refractivity contribution in [1.29, 1.82) is 0 Å². The number of amides is 1. The van der Waals surface area contributed by atoms with E-state index in [-0.39, 0.29) is 11.7 Å². The molecule has 5 nitrogen and oxygen atoms in total. The Morgan fingerprint density at radius 1 is 1.35 bits per heavy atom. The van der Waals surface area contributed by atoms with Crippen LogP contribution in [-0.4, -0.2) is 26.2 Å². The van der Waals surface area contributed by atoms with Gasteiger partial charge in [-0.15, -0.1) is 28.2 Å². The van der Waals surface area contributed by atoms with Crippen LogP contribution < -0.4 is 5.32 Å². The number of hydrogen-bond acceptors (Lipinski definition) is 7. The van der Waals surface area contributed by atoms with E-state index in [4.69, 9.17) is 0 Å². The predicted molar refractivity (Wildman–Crippen MR) is 102 cm³/mol. The highest BCUT2D eigenvalue weighted by Crippen LogP contribution is 2.37. The smallest absolute Gasteiger partial charge is 0.236 e. The number of aromatic nitrogens is 3. The van der Waals surface area contributed by atoms with Crippen molar-refractivity contribution >= 4 is 77.5 Å². The lowest BCUT2D eigenvalue weighted by Crippen LogP contribution is -2.13. The Bertz CT molecular complexity index is 823. The SMILES string of the molecule is O=C(CSc1snnc1-c1ccc(Br)cc1Br)Nc1nccs1. The number of hydrogen-bond donors (Lipinski definition) is 1. The number of benzene rings is 1. The van der Waals surface area contributed by atoms with Crippen LogP contribution >= 0.6 is 66.5 Å². The van der Waals surface area contributed by atoms with Gasteiger partial charge < -0.3 is 5.32 Å². The Labute approximate surface area is 161 Å². The summed E-state index contributed by atoms with van der Waals surface area (Å²) in [6.45, 7) is 0. The first-order valence-electron chi connectivity index (χ1n) is 6.23. The normalized spacial score (nSPS) is 10.7. The topological polar surface area (TPSA) is 67.8 Å². The van der Waals surface area contributed by atoms with Crippen LogP contribution in [0.2, 0.25) is 0 Å². The van der Waals surface area contributed by atoms with E-state index in [0.717, 1.165) is 24.4 Å². The lowest BCUT2D eigenvalue weighted by molar-refractivity contribution is -0.113. The highest BCUT2D eigenvalue weighted by Gasteiger charge is 2.15. The average molecular weight is 492 g/mol. The summed E-state index contributed by atoms with van der Waals surface area (Å²) in [4.78, 5) is 16.0. The molecule has 1 N–H and O–H groups in total. The summed E-state index contributed by atoms with van der Waals surface area (Å²) in [7, 11) is 0. The fourth-order valence-corrected chi connectivity index (χ4v) is 5.02. The van der Waals surface area contributed by atoms with Gasteiger partial charge in [-0.05, 0) is 23.7 Å². The van der Waals surface area contributed by atoms with Gasteiger partial charge in [0.2, 0.25) is 5.91 Å². The Hall–Kier alpha value is -0.810. The monoisotopic (exact) mass is 490 g/mol. The molecule has 0 aliphatic heterocycles. The third-order valence-electron chi connectivity index (χ3n) is 2.66. The number of nitrogens with zero attached hydrogens (tertiary/aromatic N) is 3.